The van der Waals surface area contributed by atoms with Gasteiger partial charge in [0, 0.05) is 6.20 Å². The average molecular weight is 264 g/mol. The molecule has 0 amide bonds. The molecule has 0 aliphatic rings. The molecule has 2 rings (SSSR count). The zero-order chi connectivity index (χ0) is 12.3. The Labute approximate surface area is 109 Å². The van der Waals surface area contributed by atoms with Gasteiger partial charge in [-0.15, -0.1) is 0 Å². The average Bonchev–Trinajstić information content (AvgIpc) is 2.35. The summed E-state index contributed by atoms with van der Waals surface area (Å²) in [5.41, 5.74) is 1.55. The first-order valence-corrected chi connectivity index (χ1v) is 5.54. The number of hydrogen-bond donors (Lipinski definition) is 1. The van der Waals surface area contributed by atoms with Crippen molar-refractivity contribution in [1.82, 2.24) is 4.98 Å². The van der Waals surface area contributed by atoms with Crippen LogP contribution in [-0.2, 0) is 0 Å². The highest BCUT2D eigenvalue weighted by atomic mass is 35.5. The number of hydrogen-bond acceptors (Lipinski definition) is 3. The number of nitrogens with one attached hydrogen (secondary N) is 1. The molecule has 0 spiro atoms. The number of rotatable bonds is 2. The molecule has 17 heavy (non-hydrogen) atoms. The third kappa shape index (κ3) is 2.50. The fraction of sp³-hybridized carbons (Fsp3) is 0. The van der Waals surface area contributed by atoms with E-state index < -0.39 is 0 Å². The van der Waals surface area contributed by atoms with Crippen LogP contribution >= 0.6 is 23.2 Å². The van der Waals surface area contributed by atoms with Gasteiger partial charge in [0.15, 0.2) is 5.69 Å². The number of benzene rings is 1. The molecule has 0 bridgehead atoms. The van der Waals surface area contributed by atoms with E-state index in [0.29, 0.717) is 27.1 Å². The molecular formula is C12H7Cl2N3. The fourth-order valence-electron chi connectivity index (χ4n) is 1.34. The van der Waals surface area contributed by atoms with Gasteiger partial charge in [-0.05, 0) is 24.3 Å². The normalized spacial score (nSPS) is 9.71. The Morgan fingerprint density at radius 3 is 2.65 bits per heavy atom. The van der Waals surface area contributed by atoms with E-state index in [4.69, 9.17) is 28.5 Å². The molecule has 0 aliphatic heterocycles. The van der Waals surface area contributed by atoms with Crippen LogP contribution < -0.4 is 5.32 Å². The molecule has 3 nitrogen and oxygen atoms in total. The number of nitrogens with zero attached hydrogens (tertiary/aromatic N) is 2. The van der Waals surface area contributed by atoms with E-state index in [1.54, 1.807) is 36.5 Å². The molecule has 0 fully saturated rings. The first kappa shape index (κ1) is 11.7. The molecule has 1 heterocycles. The van der Waals surface area contributed by atoms with Gasteiger partial charge >= 0.3 is 0 Å². The van der Waals surface area contributed by atoms with Gasteiger partial charge in [0.2, 0.25) is 0 Å². The summed E-state index contributed by atoms with van der Waals surface area (Å²) in [5, 5.41) is 12.8. The van der Waals surface area contributed by atoms with Crippen molar-refractivity contribution < 1.29 is 0 Å². The van der Waals surface area contributed by atoms with Crippen LogP contribution in [0.1, 0.15) is 5.69 Å². The number of pyridine rings is 1. The van der Waals surface area contributed by atoms with Gasteiger partial charge in [-0.2, -0.15) is 5.26 Å². The van der Waals surface area contributed by atoms with E-state index in [-0.39, 0.29) is 0 Å². The Hall–Kier alpha value is -1.76. The van der Waals surface area contributed by atoms with Crippen molar-refractivity contribution in [3.8, 4) is 6.07 Å². The molecule has 1 aromatic heterocycles. The van der Waals surface area contributed by atoms with E-state index in [0.717, 1.165) is 0 Å². The van der Waals surface area contributed by atoms with Crippen LogP contribution in [0.5, 0.6) is 0 Å². The standard InChI is InChI=1S/C12H7Cl2N3/c13-8-3-1-4-10(12(8)14)17-9-5-2-6-16-11(9)7-15/h1-6,17H. The third-order valence-corrected chi connectivity index (χ3v) is 2.95. The highest BCUT2D eigenvalue weighted by molar-refractivity contribution is 6.43. The molecule has 1 aromatic carbocycles. The second-order valence-electron chi connectivity index (χ2n) is 3.24. The zero-order valence-corrected chi connectivity index (χ0v) is 10.1. The molecular weight excluding hydrogens is 257 g/mol. The lowest BCUT2D eigenvalue weighted by molar-refractivity contribution is 1.26. The zero-order valence-electron chi connectivity index (χ0n) is 8.61. The molecule has 0 saturated heterocycles. The Bertz CT molecular complexity index is 591. The van der Waals surface area contributed by atoms with Crippen LogP contribution in [-0.4, -0.2) is 4.98 Å². The Morgan fingerprint density at radius 1 is 1.12 bits per heavy atom. The van der Waals surface area contributed by atoms with Crippen LogP contribution in [0.3, 0.4) is 0 Å². The van der Waals surface area contributed by atoms with Crippen LogP contribution in [0.15, 0.2) is 36.5 Å². The minimum atomic E-state index is 0.309. The van der Waals surface area contributed by atoms with Crippen molar-refractivity contribution in [2.45, 2.75) is 0 Å². The summed E-state index contributed by atoms with van der Waals surface area (Å²) in [6.45, 7) is 0. The molecule has 0 saturated carbocycles. The highest BCUT2D eigenvalue weighted by Crippen LogP contribution is 2.32. The van der Waals surface area contributed by atoms with E-state index in [9.17, 15) is 0 Å². The summed E-state index contributed by atoms with van der Waals surface area (Å²) in [7, 11) is 0. The maximum absolute atomic E-state index is 8.91. The second kappa shape index (κ2) is 5.05. The Morgan fingerprint density at radius 2 is 1.88 bits per heavy atom. The van der Waals surface area contributed by atoms with E-state index in [2.05, 4.69) is 10.3 Å². The lowest BCUT2D eigenvalue weighted by Gasteiger charge is -2.09. The predicted octanol–water partition coefficient (Wildman–Crippen LogP) is 4.00. The quantitative estimate of drug-likeness (QED) is 0.891. The number of anilines is 2. The van der Waals surface area contributed by atoms with E-state index >= 15 is 0 Å². The summed E-state index contributed by atoms with van der Waals surface area (Å²) in [4.78, 5) is 3.95. The van der Waals surface area contributed by atoms with Crippen LogP contribution in [0.4, 0.5) is 11.4 Å². The largest absolute Gasteiger partial charge is 0.352 e. The molecule has 0 aliphatic carbocycles. The molecule has 0 unspecified atom stereocenters. The maximum Gasteiger partial charge on any atom is 0.163 e. The molecule has 0 atom stereocenters. The Kier molecular flexibility index (Phi) is 3.48. The Balaban J connectivity index is 2.39. The van der Waals surface area contributed by atoms with Crippen LogP contribution in [0.2, 0.25) is 10.0 Å². The summed E-state index contributed by atoms with van der Waals surface area (Å²) in [5.74, 6) is 0. The number of aromatic nitrogens is 1. The van der Waals surface area contributed by atoms with Crippen molar-refractivity contribution in [3.63, 3.8) is 0 Å². The van der Waals surface area contributed by atoms with Gasteiger partial charge < -0.3 is 5.32 Å². The molecule has 84 valence electrons. The molecule has 5 heteroatoms. The topological polar surface area (TPSA) is 48.7 Å². The summed E-state index contributed by atoms with van der Waals surface area (Å²) < 4.78 is 0. The monoisotopic (exact) mass is 263 g/mol. The van der Waals surface area contributed by atoms with Crippen LogP contribution in [0, 0.1) is 11.3 Å². The van der Waals surface area contributed by atoms with Crippen molar-refractivity contribution in [3.05, 3.63) is 52.3 Å². The molecule has 2 aromatic rings. The molecule has 1 N–H and O–H groups in total. The van der Waals surface area contributed by atoms with Gasteiger partial charge in [-0.3, -0.25) is 0 Å². The first-order chi connectivity index (χ1) is 8.22. The minimum Gasteiger partial charge on any atom is -0.352 e. The number of halogens is 2. The smallest absolute Gasteiger partial charge is 0.163 e. The van der Waals surface area contributed by atoms with Crippen molar-refractivity contribution in [2.24, 2.45) is 0 Å². The summed E-state index contributed by atoms with van der Waals surface area (Å²) in [6.07, 6.45) is 1.56. The summed E-state index contributed by atoms with van der Waals surface area (Å²) >= 11 is 11.9. The van der Waals surface area contributed by atoms with Crippen molar-refractivity contribution in [2.75, 3.05) is 5.32 Å². The van der Waals surface area contributed by atoms with Gasteiger partial charge in [0.05, 0.1) is 21.4 Å². The maximum atomic E-state index is 8.91. The minimum absolute atomic E-state index is 0.309. The van der Waals surface area contributed by atoms with Crippen molar-refractivity contribution >= 4 is 34.6 Å². The lowest BCUT2D eigenvalue weighted by atomic mass is 10.2. The molecule has 0 radical (unpaired) electrons. The van der Waals surface area contributed by atoms with Crippen molar-refractivity contribution in [1.29, 1.82) is 5.26 Å². The van der Waals surface area contributed by atoms with Crippen LogP contribution in [0.25, 0.3) is 0 Å². The predicted molar refractivity (Wildman–Crippen MR) is 68.7 cm³/mol. The first-order valence-electron chi connectivity index (χ1n) is 4.78. The number of nitriles is 1. The van der Waals surface area contributed by atoms with Gasteiger partial charge in [0.1, 0.15) is 6.07 Å². The van der Waals surface area contributed by atoms with Gasteiger partial charge in [0.25, 0.3) is 0 Å². The summed E-state index contributed by atoms with van der Waals surface area (Å²) in [6, 6.07) is 10.7. The highest BCUT2D eigenvalue weighted by Gasteiger charge is 2.07. The van der Waals surface area contributed by atoms with Gasteiger partial charge in [-0.1, -0.05) is 29.3 Å². The lowest BCUT2D eigenvalue weighted by Crippen LogP contribution is -1.96. The SMILES string of the molecule is N#Cc1ncccc1Nc1cccc(Cl)c1Cl. The third-order valence-electron chi connectivity index (χ3n) is 2.13. The fourth-order valence-corrected chi connectivity index (χ4v) is 1.69. The van der Waals surface area contributed by atoms with E-state index in [1.165, 1.54) is 0 Å². The van der Waals surface area contributed by atoms with Gasteiger partial charge in [-0.25, -0.2) is 4.98 Å². The second-order valence-corrected chi connectivity index (χ2v) is 4.02. The van der Waals surface area contributed by atoms with E-state index in [1.807, 2.05) is 6.07 Å².